The van der Waals surface area contributed by atoms with Gasteiger partial charge in [0.2, 0.25) is 5.91 Å². The monoisotopic (exact) mass is 447 g/mol. The number of H-pyrrole nitrogens is 1. The van der Waals surface area contributed by atoms with Gasteiger partial charge in [-0.3, -0.25) is 14.2 Å². The Hall–Kier alpha value is -3.43. The fourth-order valence-electron chi connectivity index (χ4n) is 3.44. The van der Waals surface area contributed by atoms with Crippen LogP contribution in [-0.4, -0.2) is 31.2 Å². The fraction of sp³-hybridized carbons (Fsp3) is 0.0909. The fourth-order valence-corrected chi connectivity index (χ4v) is 4.78. The highest BCUT2D eigenvalue weighted by Gasteiger charge is 2.19. The molecule has 0 saturated heterocycles. The number of hydrogen-bond acceptors (Lipinski definition) is 6. The summed E-state index contributed by atoms with van der Waals surface area (Å²) in [5, 5.41) is 6.44. The molecule has 2 aromatic carbocycles. The number of thioether (sulfide) groups is 1. The van der Waals surface area contributed by atoms with Crippen LogP contribution in [0.5, 0.6) is 0 Å². The van der Waals surface area contributed by atoms with Gasteiger partial charge in [-0.1, -0.05) is 48.2 Å². The molecule has 0 radical (unpaired) electrons. The maximum absolute atomic E-state index is 13.5. The number of para-hydroxylation sites is 2. The molecule has 2 N–H and O–H groups in total. The third kappa shape index (κ3) is 3.62. The Bertz CT molecular complexity index is 1470. The van der Waals surface area contributed by atoms with Crippen molar-refractivity contribution in [3.63, 3.8) is 0 Å². The molecule has 0 fully saturated rings. The minimum atomic E-state index is -0.204. The smallest absolute Gasteiger partial charge is 0.283 e. The predicted octanol–water partition coefficient (Wildman–Crippen LogP) is 4.36. The van der Waals surface area contributed by atoms with Gasteiger partial charge in [0.1, 0.15) is 11.0 Å². The SMILES string of the molecule is Cc1ccccc1-n1c(SCC(=O)Nc2nccs2)nc2c([nH]c3ccccc32)c1=O. The zero-order chi connectivity index (χ0) is 21.4. The molecule has 0 bridgehead atoms. The lowest BCUT2D eigenvalue weighted by Gasteiger charge is -2.14. The number of anilines is 1. The normalized spacial score (nSPS) is 11.3. The second-order valence-electron chi connectivity index (χ2n) is 6.89. The number of benzene rings is 2. The lowest BCUT2D eigenvalue weighted by atomic mass is 10.2. The predicted molar refractivity (Wildman–Crippen MR) is 125 cm³/mol. The van der Waals surface area contributed by atoms with Crippen LogP contribution >= 0.6 is 23.1 Å². The molecule has 0 aliphatic carbocycles. The van der Waals surface area contributed by atoms with Gasteiger partial charge in [0.05, 0.1) is 11.4 Å². The number of aromatic amines is 1. The van der Waals surface area contributed by atoms with Crippen molar-refractivity contribution in [2.75, 3.05) is 11.1 Å². The molecule has 0 saturated carbocycles. The maximum Gasteiger partial charge on any atom is 0.283 e. The summed E-state index contributed by atoms with van der Waals surface area (Å²) in [4.78, 5) is 38.1. The number of hydrogen-bond donors (Lipinski definition) is 2. The van der Waals surface area contributed by atoms with Crippen LogP contribution in [0.3, 0.4) is 0 Å². The second kappa shape index (κ2) is 8.01. The van der Waals surface area contributed by atoms with Crippen LogP contribution < -0.4 is 10.9 Å². The molecule has 5 aromatic rings. The molecule has 0 unspecified atom stereocenters. The molecule has 1 amide bonds. The third-order valence-electron chi connectivity index (χ3n) is 4.86. The Labute approximate surface area is 185 Å². The van der Waals surface area contributed by atoms with Gasteiger partial charge >= 0.3 is 0 Å². The Morgan fingerprint density at radius 1 is 1.19 bits per heavy atom. The first-order valence-corrected chi connectivity index (χ1v) is 11.4. The van der Waals surface area contributed by atoms with E-state index in [1.54, 1.807) is 16.1 Å². The number of nitrogens with one attached hydrogen (secondary N) is 2. The number of thiazole rings is 1. The topological polar surface area (TPSA) is 92.7 Å². The summed E-state index contributed by atoms with van der Waals surface area (Å²) in [5.41, 5.74) is 3.38. The Balaban J connectivity index is 1.63. The molecular weight excluding hydrogens is 430 g/mol. The number of rotatable bonds is 5. The molecule has 9 heteroatoms. The van der Waals surface area contributed by atoms with E-state index in [0.29, 0.717) is 21.3 Å². The molecule has 0 spiro atoms. The van der Waals surface area contributed by atoms with Crippen LogP contribution in [0.15, 0.2) is 70.1 Å². The highest BCUT2D eigenvalue weighted by Crippen LogP contribution is 2.27. The van der Waals surface area contributed by atoms with Gasteiger partial charge in [-0.2, -0.15) is 0 Å². The van der Waals surface area contributed by atoms with E-state index in [9.17, 15) is 9.59 Å². The Morgan fingerprint density at radius 3 is 2.81 bits per heavy atom. The number of amides is 1. The van der Waals surface area contributed by atoms with Crippen LogP contribution in [-0.2, 0) is 4.79 Å². The molecular formula is C22H17N5O2S2. The van der Waals surface area contributed by atoms with Gasteiger partial charge in [0, 0.05) is 22.5 Å². The number of carbonyl (C=O) groups is 1. The van der Waals surface area contributed by atoms with Gasteiger partial charge < -0.3 is 10.3 Å². The Morgan fingerprint density at radius 2 is 2.00 bits per heavy atom. The van der Waals surface area contributed by atoms with E-state index in [-0.39, 0.29) is 17.2 Å². The molecule has 0 atom stereocenters. The highest BCUT2D eigenvalue weighted by atomic mass is 32.2. The average molecular weight is 448 g/mol. The summed E-state index contributed by atoms with van der Waals surface area (Å²) in [6, 6.07) is 15.3. The summed E-state index contributed by atoms with van der Waals surface area (Å²) in [7, 11) is 0. The van der Waals surface area contributed by atoms with Crippen LogP contribution in [0.4, 0.5) is 5.13 Å². The van der Waals surface area contributed by atoms with Crippen molar-refractivity contribution in [3.8, 4) is 5.69 Å². The molecule has 7 nitrogen and oxygen atoms in total. The van der Waals surface area contributed by atoms with Crippen molar-refractivity contribution in [1.29, 1.82) is 0 Å². The van der Waals surface area contributed by atoms with E-state index in [4.69, 9.17) is 4.98 Å². The Kier molecular flexibility index (Phi) is 5.05. The van der Waals surface area contributed by atoms with Crippen molar-refractivity contribution in [2.24, 2.45) is 0 Å². The van der Waals surface area contributed by atoms with E-state index >= 15 is 0 Å². The van der Waals surface area contributed by atoms with Crippen molar-refractivity contribution < 1.29 is 4.79 Å². The van der Waals surface area contributed by atoms with Gasteiger partial charge in [0.25, 0.3) is 5.56 Å². The molecule has 0 aliphatic rings. The van der Waals surface area contributed by atoms with E-state index < -0.39 is 0 Å². The van der Waals surface area contributed by atoms with Crippen molar-refractivity contribution in [2.45, 2.75) is 12.1 Å². The second-order valence-corrected chi connectivity index (χ2v) is 8.73. The van der Waals surface area contributed by atoms with Crippen LogP contribution in [0.25, 0.3) is 27.6 Å². The van der Waals surface area contributed by atoms with Gasteiger partial charge in [-0.25, -0.2) is 9.97 Å². The van der Waals surface area contributed by atoms with E-state index in [1.165, 1.54) is 23.1 Å². The maximum atomic E-state index is 13.5. The average Bonchev–Trinajstić information content (AvgIpc) is 3.41. The number of fused-ring (bicyclic) bond motifs is 3. The lowest BCUT2D eigenvalue weighted by Crippen LogP contribution is -2.23. The summed E-state index contributed by atoms with van der Waals surface area (Å²) < 4.78 is 1.58. The highest BCUT2D eigenvalue weighted by molar-refractivity contribution is 7.99. The summed E-state index contributed by atoms with van der Waals surface area (Å²) in [6.45, 7) is 1.95. The van der Waals surface area contributed by atoms with Crippen LogP contribution in [0, 0.1) is 6.92 Å². The number of carbonyl (C=O) groups excluding carboxylic acids is 1. The minimum Gasteiger partial charge on any atom is -0.349 e. The quantitative estimate of drug-likeness (QED) is 0.308. The van der Waals surface area contributed by atoms with Gasteiger partial charge in [-0.15, -0.1) is 11.3 Å². The summed E-state index contributed by atoms with van der Waals surface area (Å²) >= 11 is 2.58. The first-order chi connectivity index (χ1) is 15.1. The van der Waals surface area contributed by atoms with E-state index in [2.05, 4.69) is 15.3 Å². The molecule has 3 aromatic heterocycles. The van der Waals surface area contributed by atoms with E-state index in [0.717, 1.165) is 22.2 Å². The van der Waals surface area contributed by atoms with Crippen molar-refractivity contribution in [3.05, 3.63) is 76.0 Å². The van der Waals surface area contributed by atoms with Gasteiger partial charge in [0.15, 0.2) is 10.3 Å². The van der Waals surface area contributed by atoms with E-state index in [1.807, 2.05) is 55.5 Å². The zero-order valence-corrected chi connectivity index (χ0v) is 18.1. The molecule has 154 valence electrons. The minimum absolute atomic E-state index is 0.103. The number of aromatic nitrogens is 4. The van der Waals surface area contributed by atoms with Gasteiger partial charge in [-0.05, 0) is 24.6 Å². The zero-order valence-electron chi connectivity index (χ0n) is 16.5. The molecule has 0 aliphatic heterocycles. The molecule has 5 rings (SSSR count). The first kappa shape index (κ1) is 19.5. The van der Waals surface area contributed by atoms with Crippen molar-refractivity contribution >= 4 is 56.1 Å². The lowest BCUT2D eigenvalue weighted by molar-refractivity contribution is -0.113. The summed E-state index contributed by atoms with van der Waals surface area (Å²) in [6.07, 6.45) is 1.63. The third-order valence-corrected chi connectivity index (χ3v) is 6.49. The van der Waals surface area contributed by atoms with Crippen LogP contribution in [0.2, 0.25) is 0 Å². The van der Waals surface area contributed by atoms with Crippen molar-refractivity contribution in [1.82, 2.24) is 19.5 Å². The standard InChI is InChI=1S/C22H17N5O2S2/c1-13-6-2-5-9-16(13)27-20(29)19-18(14-7-3-4-8-15(14)24-19)26-22(27)31-12-17(28)25-21-23-10-11-30-21/h2-11,24H,12H2,1H3,(H,23,25,28). The number of aryl methyl sites for hydroxylation is 1. The van der Waals surface area contributed by atoms with Crippen LogP contribution in [0.1, 0.15) is 5.56 Å². The molecule has 31 heavy (non-hydrogen) atoms. The summed E-state index contributed by atoms with van der Waals surface area (Å²) in [5.74, 6) is -0.101. The number of nitrogens with zero attached hydrogens (tertiary/aromatic N) is 3. The largest absolute Gasteiger partial charge is 0.349 e. The molecule has 3 heterocycles. The first-order valence-electron chi connectivity index (χ1n) is 9.53.